The van der Waals surface area contributed by atoms with Gasteiger partial charge in [0.05, 0.1) is 7.11 Å². The summed E-state index contributed by atoms with van der Waals surface area (Å²) < 4.78 is 0. The van der Waals surface area contributed by atoms with E-state index in [0.29, 0.717) is 0 Å². The lowest BCUT2D eigenvalue weighted by molar-refractivity contribution is -0.136. The van der Waals surface area contributed by atoms with E-state index >= 15 is 0 Å². The van der Waals surface area contributed by atoms with Gasteiger partial charge in [-0.05, 0) is 31.6 Å². The van der Waals surface area contributed by atoms with E-state index in [2.05, 4.69) is 17.2 Å². The van der Waals surface area contributed by atoms with E-state index in [4.69, 9.17) is 0 Å². The number of carbonyl (C=O) groups excluding carboxylic acids is 1. The molecular formula is C11H23NO2. The third kappa shape index (κ3) is 4.61. The molecule has 14 heavy (non-hydrogen) atoms. The fourth-order valence-corrected chi connectivity index (χ4v) is 1.71. The molecule has 0 atom stereocenters. The van der Waals surface area contributed by atoms with E-state index < -0.39 is 0 Å². The third-order valence-corrected chi connectivity index (χ3v) is 2.59. The predicted octanol–water partition coefficient (Wildman–Crippen LogP) is 2.52. The maximum absolute atomic E-state index is 11.3. The van der Waals surface area contributed by atoms with Crippen LogP contribution < -0.4 is 5.48 Å². The Kier molecular flexibility index (Phi) is 7.48. The molecule has 0 heterocycles. The monoisotopic (exact) mass is 201 g/mol. The number of hydrogen-bond donors (Lipinski definition) is 1. The molecular weight excluding hydrogens is 178 g/mol. The highest BCUT2D eigenvalue weighted by atomic mass is 16.6. The molecule has 1 amide bonds. The van der Waals surface area contributed by atoms with Crippen molar-refractivity contribution in [3.63, 3.8) is 0 Å². The summed E-state index contributed by atoms with van der Waals surface area (Å²) in [6.07, 6.45) is 4.36. The minimum atomic E-state index is 0.0457. The van der Waals surface area contributed by atoms with Crippen LogP contribution in [0.5, 0.6) is 0 Å². The molecule has 0 aromatic carbocycles. The Morgan fingerprint density at radius 3 is 2.14 bits per heavy atom. The van der Waals surface area contributed by atoms with Gasteiger partial charge < -0.3 is 0 Å². The van der Waals surface area contributed by atoms with Gasteiger partial charge >= 0.3 is 0 Å². The number of amides is 1. The summed E-state index contributed by atoms with van der Waals surface area (Å²) in [6.45, 7) is 6.24. The van der Waals surface area contributed by atoms with Gasteiger partial charge in [0.25, 0.3) is 0 Å². The highest BCUT2D eigenvalue weighted by molar-refractivity contribution is 5.77. The van der Waals surface area contributed by atoms with Gasteiger partial charge in [-0.15, -0.1) is 0 Å². The number of hydrogen-bond acceptors (Lipinski definition) is 2. The molecule has 1 N–H and O–H groups in total. The largest absolute Gasteiger partial charge is 0.277 e. The van der Waals surface area contributed by atoms with Crippen molar-refractivity contribution < 1.29 is 9.63 Å². The summed E-state index contributed by atoms with van der Waals surface area (Å²) in [5.41, 5.74) is 2.39. The van der Waals surface area contributed by atoms with E-state index in [1.807, 2.05) is 13.8 Å². The van der Waals surface area contributed by atoms with Gasteiger partial charge in [0.1, 0.15) is 0 Å². The first-order chi connectivity index (χ1) is 6.74. The highest BCUT2D eigenvalue weighted by Crippen LogP contribution is 2.28. The molecule has 0 bridgehead atoms. The Hall–Kier alpha value is -0.570. The highest BCUT2D eigenvalue weighted by Gasteiger charge is 2.23. The molecule has 1 aliphatic carbocycles. The van der Waals surface area contributed by atoms with Crippen molar-refractivity contribution in [1.29, 1.82) is 0 Å². The molecule has 0 unspecified atom stereocenters. The van der Waals surface area contributed by atoms with Crippen LogP contribution in [-0.2, 0) is 9.63 Å². The van der Waals surface area contributed by atoms with Crippen molar-refractivity contribution in [2.24, 2.45) is 11.8 Å². The van der Waals surface area contributed by atoms with Crippen molar-refractivity contribution >= 4 is 5.91 Å². The minimum Gasteiger partial charge on any atom is -0.277 e. The number of rotatable bonds is 2. The second kappa shape index (κ2) is 7.80. The molecule has 0 aromatic heterocycles. The van der Waals surface area contributed by atoms with E-state index in [1.54, 1.807) is 0 Å². The Bertz CT molecular complexity index is 151. The summed E-state index contributed by atoms with van der Waals surface area (Å²) in [5, 5.41) is 0. The summed E-state index contributed by atoms with van der Waals surface area (Å²) >= 11 is 0. The van der Waals surface area contributed by atoms with Gasteiger partial charge in [0, 0.05) is 5.92 Å². The predicted molar refractivity (Wildman–Crippen MR) is 57.6 cm³/mol. The average Bonchev–Trinajstić information content (AvgIpc) is 2.22. The lowest BCUT2D eigenvalue weighted by atomic mass is 9.83. The lowest BCUT2D eigenvalue weighted by Gasteiger charge is -2.24. The van der Waals surface area contributed by atoms with Crippen molar-refractivity contribution in [1.82, 2.24) is 5.48 Å². The van der Waals surface area contributed by atoms with Crippen molar-refractivity contribution in [2.45, 2.75) is 46.5 Å². The van der Waals surface area contributed by atoms with E-state index in [0.717, 1.165) is 18.8 Å². The van der Waals surface area contributed by atoms with Crippen LogP contribution in [0.3, 0.4) is 0 Å². The van der Waals surface area contributed by atoms with Gasteiger partial charge in [-0.25, -0.2) is 5.48 Å². The second-order valence-electron chi connectivity index (χ2n) is 3.63. The van der Waals surface area contributed by atoms with Gasteiger partial charge in [-0.3, -0.25) is 9.63 Å². The zero-order chi connectivity index (χ0) is 11.0. The van der Waals surface area contributed by atoms with Crippen molar-refractivity contribution in [3.8, 4) is 0 Å². The zero-order valence-corrected chi connectivity index (χ0v) is 9.80. The Morgan fingerprint density at radius 1 is 1.21 bits per heavy atom. The Balaban J connectivity index is 0.000000791. The molecule has 0 radical (unpaired) electrons. The van der Waals surface area contributed by atoms with Gasteiger partial charge in [0.15, 0.2) is 0 Å². The standard InChI is InChI=1S/C9H17NO2.C2H6/c1-7-3-5-8(6-4-7)9(11)10-12-2;1-2/h7-8H,3-6H2,1-2H3,(H,10,11);1-2H3. The molecule has 1 fully saturated rings. The first kappa shape index (κ1) is 13.4. The van der Waals surface area contributed by atoms with Gasteiger partial charge in [-0.1, -0.05) is 20.8 Å². The van der Waals surface area contributed by atoms with Crippen LogP contribution in [0.4, 0.5) is 0 Å². The molecule has 1 rings (SSSR count). The quantitative estimate of drug-likeness (QED) is 0.697. The van der Waals surface area contributed by atoms with Crippen LogP contribution in [0, 0.1) is 11.8 Å². The maximum atomic E-state index is 11.3. The summed E-state index contributed by atoms with van der Waals surface area (Å²) in [7, 11) is 1.48. The van der Waals surface area contributed by atoms with Crippen LogP contribution in [0.15, 0.2) is 0 Å². The lowest BCUT2D eigenvalue weighted by Crippen LogP contribution is -2.32. The Labute approximate surface area is 87.2 Å². The van der Waals surface area contributed by atoms with Crippen molar-refractivity contribution in [3.05, 3.63) is 0 Å². The number of carbonyl (C=O) groups is 1. The van der Waals surface area contributed by atoms with Crippen molar-refractivity contribution in [2.75, 3.05) is 7.11 Å². The smallest absolute Gasteiger partial charge is 0.246 e. The maximum Gasteiger partial charge on any atom is 0.246 e. The average molecular weight is 201 g/mol. The van der Waals surface area contributed by atoms with Crippen LogP contribution >= 0.6 is 0 Å². The molecule has 0 aromatic rings. The molecule has 0 aliphatic heterocycles. The van der Waals surface area contributed by atoms with Crippen LogP contribution in [0.2, 0.25) is 0 Å². The van der Waals surface area contributed by atoms with Crippen LogP contribution in [0.1, 0.15) is 46.5 Å². The Morgan fingerprint density at radius 2 is 1.71 bits per heavy atom. The van der Waals surface area contributed by atoms with Gasteiger partial charge in [0.2, 0.25) is 5.91 Å². The molecule has 0 saturated heterocycles. The summed E-state index contributed by atoms with van der Waals surface area (Å²) in [4.78, 5) is 15.9. The SMILES string of the molecule is CC.CONC(=O)C1CCC(C)CC1. The van der Waals surface area contributed by atoms with E-state index in [-0.39, 0.29) is 11.8 Å². The number of hydroxylamine groups is 1. The molecule has 1 aliphatic rings. The van der Waals surface area contributed by atoms with E-state index in [1.165, 1.54) is 20.0 Å². The van der Waals surface area contributed by atoms with Crippen LogP contribution in [-0.4, -0.2) is 13.0 Å². The topological polar surface area (TPSA) is 38.3 Å². The second-order valence-corrected chi connectivity index (χ2v) is 3.63. The molecule has 3 nitrogen and oxygen atoms in total. The first-order valence-corrected chi connectivity index (χ1v) is 5.57. The summed E-state index contributed by atoms with van der Waals surface area (Å²) in [6, 6.07) is 0. The fourth-order valence-electron chi connectivity index (χ4n) is 1.71. The van der Waals surface area contributed by atoms with Crippen LogP contribution in [0.25, 0.3) is 0 Å². The first-order valence-electron chi connectivity index (χ1n) is 5.57. The minimum absolute atomic E-state index is 0.0457. The summed E-state index contributed by atoms with van der Waals surface area (Å²) in [5.74, 6) is 1.02. The van der Waals surface area contributed by atoms with E-state index in [9.17, 15) is 4.79 Å². The molecule has 0 spiro atoms. The third-order valence-electron chi connectivity index (χ3n) is 2.59. The zero-order valence-electron chi connectivity index (χ0n) is 9.80. The number of nitrogens with one attached hydrogen (secondary N) is 1. The molecule has 3 heteroatoms. The normalized spacial score (nSPS) is 26.0. The molecule has 1 saturated carbocycles. The fraction of sp³-hybridized carbons (Fsp3) is 0.909. The molecule has 84 valence electrons. The van der Waals surface area contributed by atoms with Gasteiger partial charge in [-0.2, -0.15) is 0 Å².